The van der Waals surface area contributed by atoms with E-state index < -0.39 is 0 Å². The van der Waals surface area contributed by atoms with Crippen molar-refractivity contribution in [2.24, 2.45) is 0 Å². The van der Waals surface area contributed by atoms with Crippen LogP contribution in [-0.4, -0.2) is 68.0 Å². The number of amides is 1. The number of likely N-dealkylation sites (N-methyl/N-ethyl adjacent to an activating group) is 1. The average Bonchev–Trinajstić information content (AvgIpc) is 3.27. The fraction of sp³-hybridized carbons (Fsp3) is 0.450. The molecule has 0 saturated carbocycles. The Morgan fingerprint density at radius 2 is 2.11 bits per heavy atom. The Bertz CT molecular complexity index is 952. The highest BCUT2D eigenvalue weighted by Gasteiger charge is 2.31. The molecule has 3 rings (SSSR count). The molecule has 0 aliphatic carbocycles. The average molecular weight is 367 g/mol. The fourth-order valence-electron chi connectivity index (χ4n) is 3.61. The monoisotopic (exact) mass is 367 g/mol. The van der Waals surface area contributed by atoms with Crippen LogP contribution in [0.2, 0.25) is 0 Å². The highest BCUT2D eigenvalue weighted by atomic mass is 16.4. The molecule has 2 aromatic rings. The van der Waals surface area contributed by atoms with Crippen molar-refractivity contribution in [1.29, 1.82) is 5.26 Å². The smallest absolute Gasteiger partial charge is 0.309 e. The molecule has 1 amide bonds. The molecular weight excluding hydrogens is 342 g/mol. The van der Waals surface area contributed by atoms with Gasteiger partial charge in [-0.15, -0.1) is 0 Å². The molecule has 0 N–H and O–H groups in total. The predicted molar refractivity (Wildman–Crippen MR) is 106 cm³/mol. The lowest BCUT2D eigenvalue weighted by Crippen LogP contribution is -2.31. The molecule has 1 atom stereocenters. The van der Waals surface area contributed by atoms with E-state index in [4.69, 9.17) is 4.42 Å². The van der Waals surface area contributed by atoms with Crippen molar-refractivity contribution in [3.05, 3.63) is 29.2 Å². The summed E-state index contributed by atoms with van der Waals surface area (Å²) in [6, 6.07) is 2.65. The van der Waals surface area contributed by atoms with Crippen molar-refractivity contribution < 1.29 is 9.21 Å². The molecule has 0 bridgehead atoms. The van der Waals surface area contributed by atoms with Gasteiger partial charge in [0.2, 0.25) is 0 Å². The van der Waals surface area contributed by atoms with Crippen LogP contribution < -0.4 is 4.90 Å². The van der Waals surface area contributed by atoms with Crippen LogP contribution in [-0.2, 0) is 0 Å². The molecule has 1 fully saturated rings. The van der Waals surface area contributed by atoms with Crippen molar-refractivity contribution in [2.75, 3.05) is 46.2 Å². The van der Waals surface area contributed by atoms with Gasteiger partial charge in [0.05, 0.1) is 11.3 Å². The van der Waals surface area contributed by atoms with Gasteiger partial charge >= 0.3 is 5.91 Å². The summed E-state index contributed by atoms with van der Waals surface area (Å²) in [5.74, 6) is -0.330. The van der Waals surface area contributed by atoms with Gasteiger partial charge in [-0.05, 0) is 33.0 Å². The van der Waals surface area contributed by atoms with Crippen LogP contribution in [0, 0.1) is 18.3 Å². The third-order valence-electron chi connectivity index (χ3n) is 5.23. The molecule has 1 aliphatic rings. The van der Waals surface area contributed by atoms with Crippen LogP contribution in [0.25, 0.3) is 17.2 Å². The molecule has 7 heteroatoms. The van der Waals surface area contributed by atoms with E-state index in [0.717, 1.165) is 36.3 Å². The largest absolute Gasteiger partial charge is 0.430 e. The lowest BCUT2D eigenvalue weighted by molar-refractivity contribution is 0.0791. The number of rotatable bonds is 4. The number of carbonyl (C=O) groups is 1. The Morgan fingerprint density at radius 1 is 1.41 bits per heavy atom. The van der Waals surface area contributed by atoms with Gasteiger partial charge in [0.25, 0.3) is 5.89 Å². The standard InChI is InChI=1S/C20H25N5O2/c1-7-14-12(2)15(10-21)16-18(27-19(22-16)20(26)24(5)6)17(14)25-9-8-13(11-25)23(3)4/h7,13H,1,8-9,11H2,2-6H3. The Hall–Kier alpha value is -2.85. The quantitative estimate of drug-likeness (QED) is 0.826. The number of benzene rings is 1. The van der Waals surface area contributed by atoms with Gasteiger partial charge in [0.15, 0.2) is 5.58 Å². The number of anilines is 1. The first kappa shape index (κ1) is 18.9. The van der Waals surface area contributed by atoms with E-state index in [1.165, 1.54) is 4.90 Å². The van der Waals surface area contributed by atoms with Crippen LogP contribution in [0.4, 0.5) is 5.69 Å². The summed E-state index contributed by atoms with van der Waals surface area (Å²) in [5.41, 5.74) is 3.88. The minimum absolute atomic E-state index is 0.00304. The van der Waals surface area contributed by atoms with E-state index in [9.17, 15) is 10.1 Å². The summed E-state index contributed by atoms with van der Waals surface area (Å²) < 4.78 is 5.91. The maximum atomic E-state index is 12.4. The molecule has 27 heavy (non-hydrogen) atoms. The van der Waals surface area contributed by atoms with Gasteiger partial charge in [0, 0.05) is 38.8 Å². The van der Waals surface area contributed by atoms with Gasteiger partial charge in [-0.2, -0.15) is 5.26 Å². The second-order valence-corrected chi connectivity index (χ2v) is 7.33. The van der Waals surface area contributed by atoms with Crippen LogP contribution in [0.15, 0.2) is 11.0 Å². The summed E-state index contributed by atoms with van der Waals surface area (Å²) in [4.78, 5) is 22.6. The van der Waals surface area contributed by atoms with Crippen molar-refractivity contribution in [3.63, 3.8) is 0 Å². The zero-order valence-electron chi connectivity index (χ0n) is 16.5. The molecular formula is C20H25N5O2. The second kappa shape index (κ2) is 7.05. The Labute approximate surface area is 159 Å². The zero-order chi connectivity index (χ0) is 19.9. The predicted octanol–water partition coefficient (Wildman–Crippen LogP) is 2.49. The van der Waals surface area contributed by atoms with Crippen molar-refractivity contribution in [2.45, 2.75) is 19.4 Å². The molecule has 0 spiro atoms. The normalized spacial score (nSPS) is 16.8. The summed E-state index contributed by atoms with van der Waals surface area (Å²) >= 11 is 0. The number of nitriles is 1. The van der Waals surface area contributed by atoms with Crippen molar-refractivity contribution >= 4 is 28.8 Å². The van der Waals surface area contributed by atoms with Gasteiger partial charge in [0.1, 0.15) is 11.6 Å². The highest BCUT2D eigenvalue weighted by Crippen LogP contribution is 2.39. The minimum Gasteiger partial charge on any atom is -0.430 e. The van der Waals surface area contributed by atoms with E-state index >= 15 is 0 Å². The Balaban J connectivity index is 2.26. The molecule has 0 radical (unpaired) electrons. The number of fused-ring (bicyclic) bond motifs is 1. The number of nitrogens with zero attached hydrogens (tertiary/aromatic N) is 5. The van der Waals surface area contributed by atoms with Crippen LogP contribution in [0.5, 0.6) is 0 Å². The molecule has 1 aliphatic heterocycles. The van der Waals surface area contributed by atoms with Crippen molar-refractivity contribution in [1.82, 2.24) is 14.8 Å². The zero-order valence-corrected chi connectivity index (χ0v) is 16.5. The van der Waals surface area contributed by atoms with E-state index in [1.807, 2.05) is 6.92 Å². The molecule has 1 saturated heterocycles. The lowest BCUT2D eigenvalue weighted by atomic mass is 9.98. The fourth-order valence-corrected chi connectivity index (χ4v) is 3.61. The van der Waals surface area contributed by atoms with Gasteiger partial charge in [-0.3, -0.25) is 4.79 Å². The topological polar surface area (TPSA) is 76.6 Å². The maximum absolute atomic E-state index is 12.4. The summed E-state index contributed by atoms with van der Waals surface area (Å²) in [6.45, 7) is 7.54. The maximum Gasteiger partial charge on any atom is 0.309 e. The van der Waals surface area contributed by atoms with Crippen molar-refractivity contribution in [3.8, 4) is 6.07 Å². The SMILES string of the molecule is C=Cc1c(C)c(C#N)c2nc(C(=O)N(C)C)oc2c1N1CCC(N(C)C)C1. The molecule has 1 aromatic carbocycles. The van der Waals surface area contributed by atoms with E-state index in [0.29, 0.717) is 22.7 Å². The summed E-state index contributed by atoms with van der Waals surface area (Å²) in [5, 5.41) is 9.68. The number of oxazole rings is 1. The second-order valence-electron chi connectivity index (χ2n) is 7.33. The Kier molecular flexibility index (Phi) is 4.94. The molecule has 142 valence electrons. The third-order valence-corrected chi connectivity index (χ3v) is 5.23. The van der Waals surface area contributed by atoms with Crippen LogP contribution in [0.3, 0.4) is 0 Å². The van der Waals surface area contributed by atoms with Crippen LogP contribution >= 0.6 is 0 Å². The van der Waals surface area contributed by atoms with Gasteiger partial charge in [-0.1, -0.05) is 12.7 Å². The Morgan fingerprint density at radius 3 is 2.63 bits per heavy atom. The lowest BCUT2D eigenvalue weighted by Gasteiger charge is -2.24. The van der Waals surface area contributed by atoms with Gasteiger partial charge < -0.3 is 19.1 Å². The first-order valence-electron chi connectivity index (χ1n) is 8.92. The van der Waals surface area contributed by atoms with E-state index in [-0.39, 0.29) is 11.8 Å². The summed E-state index contributed by atoms with van der Waals surface area (Å²) in [6.07, 6.45) is 2.78. The van der Waals surface area contributed by atoms with E-state index in [1.54, 1.807) is 20.2 Å². The first-order valence-corrected chi connectivity index (χ1v) is 8.92. The number of aromatic nitrogens is 1. The third kappa shape index (κ3) is 3.06. The molecule has 1 unspecified atom stereocenters. The number of hydrogen-bond acceptors (Lipinski definition) is 6. The van der Waals surface area contributed by atoms with Crippen LogP contribution in [0.1, 0.15) is 33.8 Å². The number of carbonyl (C=O) groups excluding carboxylic acids is 1. The molecule has 1 aromatic heterocycles. The molecule has 2 heterocycles. The van der Waals surface area contributed by atoms with Gasteiger partial charge in [-0.25, -0.2) is 4.98 Å². The summed E-state index contributed by atoms with van der Waals surface area (Å²) in [7, 11) is 7.44. The molecule has 7 nitrogen and oxygen atoms in total. The van der Waals surface area contributed by atoms with E-state index in [2.05, 4.69) is 41.5 Å². The first-order chi connectivity index (χ1) is 12.8. The number of hydrogen-bond donors (Lipinski definition) is 0. The highest BCUT2D eigenvalue weighted by molar-refractivity contribution is 6.00. The minimum atomic E-state index is -0.327.